The zero-order valence-corrected chi connectivity index (χ0v) is 14.0. The SMILES string of the molecule is Cc1nn(CCO)c(C)c1CN1CCSC2CCCCC21. The van der Waals surface area contributed by atoms with Crippen LogP contribution in [0, 0.1) is 13.8 Å². The van der Waals surface area contributed by atoms with Gasteiger partial charge in [-0.2, -0.15) is 16.9 Å². The number of aliphatic hydroxyl groups excluding tert-OH is 1. The molecule has 2 unspecified atom stereocenters. The van der Waals surface area contributed by atoms with Gasteiger partial charge in [-0.25, -0.2) is 0 Å². The van der Waals surface area contributed by atoms with E-state index >= 15 is 0 Å². The molecule has 0 bridgehead atoms. The number of hydrogen-bond acceptors (Lipinski definition) is 4. The molecule has 1 saturated heterocycles. The number of aryl methyl sites for hydroxylation is 1. The summed E-state index contributed by atoms with van der Waals surface area (Å²) in [5.41, 5.74) is 3.73. The molecule has 118 valence electrons. The van der Waals surface area contributed by atoms with Gasteiger partial charge in [0.05, 0.1) is 18.8 Å². The average Bonchev–Trinajstić information content (AvgIpc) is 2.76. The molecular formula is C16H27N3OS. The second kappa shape index (κ2) is 6.71. The maximum atomic E-state index is 9.15. The Morgan fingerprint density at radius 1 is 1.29 bits per heavy atom. The van der Waals surface area contributed by atoms with Crippen molar-refractivity contribution < 1.29 is 5.11 Å². The second-order valence-corrected chi connectivity index (χ2v) is 7.67. The first-order chi connectivity index (χ1) is 10.2. The first kappa shape index (κ1) is 15.4. The zero-order valence-electron chi connectivity index (χ0n) is 13.2. The van der Waals surface area contributed by atoms with Crippen LogP contribution in [0.5, 0.6) is 0 Å². The highest BCUT2D eigenvalue weighted by Gasteiger charge is 2.34. The third kappa shape index (κ3) is 3.15. The van der Waals surface area contributed by atoms with E-state index in [0.717, 1.165) is 23.5 Å². The standard InChI is InChI=1S/C16H27N3OS/c1-12-14(13(2)19(17-12)7-9-20)11-18-8-10-21-16-6-4-3-5-15(16)18/h15-16,20H,3-11H2,1-2H3. The van der Waals surface area contributed by atoms with E-state index in [9.17, 15) is 0 Å². The molecule has 2 fully saturated rings. The number of nitrogens with zero attached hydrogens (tertiary/aromatic N) is 3. The van der Waals surface area contributed by atoms with Crippen molar-refractivity contribution in [3.63, 3.8) is 0 Å². The maximum absolute atomic E-state index is 9.15. The fourth-order valence-electron chi connectivity index (χ4n) is 3.85. The molecule has 1 aliphatic heterocycles. The van der Waals surface area contributed by atoms with Crippen molar-refractivity contribution in [3.8, 4) is 0 Å². The fourth-order valence-corrected chi connectivity index (χ4v) is 5.36. The van der Waals surface area contributed by atoms with Crippen LogP contribution in [0.3, 0.4) is 0 Å². The van der Waals surface area contributed by atoms with E-state index in [-0.39, 0.29) is 6.61 Å². The Balaban J connectivity index is 1.76. The van der Waals surface area contributed by atoms with Crippen LogP contribution in [0.2, 0.25) is 0 Å². The molecule has 2 atom stereocenters. The van der Waals surface area contributed by atoms with Crippen LogP contribution >= 0.6 is 11.8 Å². The van der Waals surface area contributed by atoms with Gasteiger partial charge in [-0.15, -0.1) is 0 Å². The molecule has 0 amide bonds. The predicted octanol–water partition coefficient (Wildman–Crippen LogP) is 2.35. The molecule has 2 heterocycles. The number of fused-ring (bicyclic) bond motifs is 1. The lowest BCUT2D eigenvalue weighted by Crippen LogP contribution is -2.48. The lowest BCUT2D eigenvalue weighted by Gasteiger charge is -2.43. The summed E-state index contributed by atoms with van der Waals surface area (Å²) in [6.07, 6.45) is 5.56. The first-order valence-electron chi connectivity index (χ1n) is 8.20. The summed E-state index contributed by atoms with van der Waals surface area (Å²) in [4.78, 5) is 2.70. The summed E-state index contributed by atoms with van der Waals surface area (Å²) in [7, 11) is 0. The molecule has 1 aromatic rings. The lowest BCUT2D eigenvalue weighted by atomic mass is 9.93. The second-order valence-electron chi connectivity index (χ2n) is 6.33. The van der Waals surface area contributed by atoms with Crippen molar-refractivity contribution >= 4 is 11.8 Å². The molecule has 5 heteroatoms. The van der Waals surface area contributed by atoms with Crippen LogP contribution in [0.15, 0.2) is 0 Å². The predicted molar refractivity (Wildman–Crippen MR) is 87.7 cm³/mol. The molecule has 1 aliphatic carbocycles. The molecule has 3 rings (SSSR count). The third-order valence-electron chi connectivity index (χ3n) is 5.05. The summed E-state index contributed by atoms with van der Waals surface area (Å²) in [6.45, 7) is 7.25. The van der Waals surface area contributed by atoms with Crippen molar-refractivity contribution in [1.29, 1.82) is 0 Å². The highest BCUT2D eigenvalue weighted by molar-refractivity contribution is 8.00. The Kier molecular flexibility index (Phi) is 4.92. The average molecular weight is 309 g/mol. The van der Waals surface area contributed by atoms with Crippen molar-refractivity contribution in [2.75, 3.05) is 18.9 Å². The van der Waals surface area contributed by atoms with Crippen LogP contribution < -0.4 is 0 Å². The van der Waals surface area contributed by atoms with Gasteiger partial charge in [0, 0.05) is 41.4 Å². The van der Waals surface area contributed by atoms with Crippen molar-refractivity contribution in [2.24, 2.45) is 0 Å². The van der Waals surface area contributed by atoms with Crippen LogP contribution in [0.25, 0.3) is 0 Å². The van der Waals surface area contributed by atoms with Gasteiger partial charge in [-0.1, -0.05) is 12.8 Å². The molecule has 21 heavy (non-hydrogen) atoms. The molecule has 1 aromatic heterocycles. The zero-order chi connectivity index (χ0) is 14.8. The lowest BCUT2D eigenvalue weighted by molar-refractivity contribution is 0.155. The first-order valence-corrected chi connectivity index (χ1v) is 9.25. The topological polar surface area (TPSA) is 41.3 Å². The maximum Gasteiger partial charge on any atom is 0.0644 e. The van der Waals surface area contributed by atoms with Gasteiger partial charge in [-0.3, -0.25) is 9.58 Å². The van der Waals surface area contributed by atoms with Gasteiger partial charge in [0.15, 0.2) is 0 Å². The van der Waals surface area contributed by atoms with Crippen LogP contribution in [0.4, 0.5) is 0 Å². The van der Waals surface area contributed by atoms with E-state index in [0.29, 0.717) is 6.54 Å². The largest absolute Gasteiger partial charge is 0.394 e. The highest BCUT2D eigenvalue weighted by atomic mass is 32.2. The fraction of sp³-hybridized carbons (Fsp3) is 0.812. The molecule has 4 nitrogen and oxygen atoms in total. The van der Waals surface area contributed by atoms with E-state index < -0.39 is 0 Å². The Labute approximate surface area is 131 Å². The number of rotatable bonds is 4. The molecule has 0 aromatic carbocycles. The summed E-state index contributed by atoms with van der Waals surface area (Å²) >= 11 is 2.19. The summed E-state index contributed by atoms with van der Waals surface area (Å²) in [6, 6.07) is 0.762. The van der Waals surface area contributed by atoms with Crippen molar-refractivity contribution in [2.45, 2.75) is 63.9 Å². The van der Waals surface area contributed by atoms with E-state index in [4.69, 9.17) is 5.11 Å². The molecule has 1 N–H and O–H groups in total. The number of aliphatic hydroxyl groups is 1. The Hall–Kier alpha value is -0.520. The molecule has 1 saturated carbocycles. The van der Waals surface area contributed by atoms with Gasteiger partial charge in [0.2, 0.25) is 0 Å². The molecule has 0 radical (unpaired) electrons. The summed E-state index contributed by atoms with van der Waals surface area (Å²) in [5.74, 6) is 1.27. The van der Waals surface area contributed by atoms with Crippen LogP contribution in [-0.2, 0) is 13.1 Å². The van der Waals surface area contributed by atoms with Crippen LogP contribution in [-0.4, -0.2) is 50.0 Å². The van der Waals surface area contributed by atoms with Gasteiger partial charge in [0.1, 0.15) is 0 Å². The monoisotopic (exact) mass is 309 g/mol. The van der Waals surface area contributed by atoms with E-state index in [2.05, 4.69) is 35.6 Å². The van der Waals surface area contributed by atoms with E-state index in [1.54, 1.807) is 0 Å². The minimum Gasteiger partial charge on any atom is -0.394 e. The third-order valence-corrected chi connectivity index (χ3v) is 6.45. The van der Waals surface area contributed by atoms with Crippen molar-refractivity contribution in [3.05, 3.63) is 17.0 Å². The van der Waals surface area contributed by atoms with Crippen LogP contribution in [0.1, 0.15) is 42.6 Å². The van der Waals surface area contributed by atoms with Crippen molar-refractivity contribution in [1.82, 2.24) is 14.7 Å². The summed E-state index contributed by atoms with van der Waals surface area (Å²) < 4.78 is 1.96. The quantitative estimate of drug-likeness (QED) is 0.927. The minimum atomic E-state index is 0.159. The van der Waals surface area contributed by atoms with Gasteiger partial charge in [0.25, 0.3) is 0 Å². The van der Waals surface area contributed by atoms with Gasteiger partial charge in [-0.05, 0) is 26.7 Å². The molecule has 2 aliphatic rings. The van der Waals surface area contributed by atoms with E-state index in [1.165, 1.54) is 49.2 Å². The minimum absolute atomic E-state index is 0.159. The number of thioether (sulfide) groups is 1. The Bertz CT molecular complexity index is 486. The van der Waals surface area contributed by atoms with Gasteiger partial charge >= 0.3 is 0 Å². The van der Waals surface area contributed by atoms with E-state index in [1.807, 2.05) is 4.68 Å². The number of aromatic nitrogens is 2. The smallest absolute Gasteiger partial charge is 0.0644 e. The summed E-state index contributed by atoms with van der Waals surface area (Å²) in [5, 5.41) is 14.6. The Morgan fingerprint density at radius 2 is 2.10 bits per heavy atom. The molecular weight excluding hydrogens is 282 g/mol. The van der Waals surface area contributed by atoms with Gasteiger partial charge < -0.3 is 5.11 Å². The molecule has 0 spiro atoms. The number of hydrogen-bond donors (Lipinski definition) is 1. The Morgan fingerprint density at radius 3 is 2.90 bits per heavy atom. The normalized spacial score (nSPS) is 26.8. The highest BCUT2D eigenvalue weighted by Crippen LogP contribution is 2.36.